The van der Waals surface area contributed by atoms with Gasteiger partial charge in [-0.2, -0.15) is 0 Å². The second-order valence-electron chi connectivity index (χ2n) is 4.20. The number of nitrogens with zero attached hydrogens (tertiary/aromatic N) is 4. The van der Waals surface area contributed by atoms with Crippen LogP contribution in [0.15, 0.2) is 29.0 Å². The molecule has 0 unspecified atom stereocenters. The highest BCUT2D eigenvalue weighted by Crippen LogP contribution is 2.40. The third-order valence-corrected chi connectivity index (χ3v) is 6.49. The molecule has 23 heavy (non-hydrogen) atoms. The molecule has 0 spiro atoms. The van der Waals surface area contributed by atoms with Crippen molar-refractivity contribution < 1.29 is 0 Å². The lowest BCUT2D eigenvalue weighted by Gasteiger charge is -2.08. The summed E-state index contributed by atoms with van der Waals surface area (Å²) >= 11 is 27.3. The summed E-state index contributed by atoms with van der Waals surface area (Å²) in [5.74, 6) is 0.479. The maximum atomic E-state index is 6.20. The SMILES string of the molecule is Clc1cc(Cl)c(Cl)c(CSc2nnc(-c3cnccn3)s2)c1Cl. The van der Waals surface area contributed by atoms with Crippen LogP contribution in [0.3, 0.4) is 0 Å². The Morgan fingerprint density at radius 3 is 2.39 bits per heavy atom. The van der Waals surface area contributed by atoms with Gasteiger partial charge in [-0.3, -0.25) is 9.97 Å². The molecular weight excluding hydrogens is 418 g/mol. The Kier molecular flexibility index (Phi) is 5.61. The van der Waals surface area contributed by atoms with Gasteiger partial charge in [0.2, 0.25) is 0 Å². The molecule has 0 aliphatic heterocycles. The molecule has 3 aromatic rings. The monoisotopic (exact) mass is 422 g/mol. The van der Waals surface area contributed by atoms with E-state index in [4.69, 9.17) is 46.4 Å². The molecule has 118 valence electrons. The minimum atomic E-state index is 0.370. The lowest BCUT2D eigenvalue weighted by molar-refractivity contribution is 1.01. The summed E-state index contributed by atoms with van der Waals surface area (Å²) in [5, 5.41) is 10.5. The van der Waals surface area contributed by atoms with Gasteiger partial charge in [-0.1, -0.05) is 69.5 Å². The highest BCUT2D eigenvalue weighted by atomic mass is 35.5. The summed E-state index contributed by atoms with van der Waals surface area (Å²) in [6.07, 6.45) is 4.85. The molecule has 0 radical (unpaired) electrons. The number of hydrogen-bond acceptors (Lipinski definition) is 6. The van der Waals surface area contributed by atoms with Crippen LogP contribution >= 0.6 is 69.5 Å². The first-order chi connectivity index (χ1) is 11.1. The predicted molar refractivity (Wildman–Crippen MR) is 97.0 cm³/mol. The maximum Gasteiger partial charge on any atom is 0.175 e. The van der Waals surface area contributed by atoms with Crippen LogP contribution in [-0.4, -0.2) is 20.2 Å². The minimum Gasteiger partial charge on any atom is -0.261 e. The lowest BCUT2D eigenvalue weighted by atomic mass is 10.2. The second kappa shape index (κ2) is 7.51. The largest absolute Gasteiger partial charge is 0.261 e. The summed E-state index contributed by atoms with van der Waals surface area (Å²) in [6, 6.07) is 1.53. The Balaban J connectivity index is 1.79. The van der Waals surface area contributed by atoms with E-state index >= 15 is 0 Å². The molecular formula is C13H6Cl4N4S2. The molecule has 0 fully saturated rings. The van der Waals surface area contributed by atoms with E-state index < -0.39 is 0 Å². The molecule has 0 aliphatic carbocycles. The first kappa shape index (κ1) is 17.2. The molecule has 0 aliphatic rings. The van der Waals surface area contributed by atoms with Gasteiger partial charge in [0.25, 0.3) is 0 Å². The van der Waals surface area contributed by atoms with E-state index in [0.717, 1.165) is 4.34 Å². The lowest BCUT2D eigenvalue weighted by Crippen LogP contribution is -1.87. The molecule has 4 nitrogen and oxygen atoms in total. The fourth-order valence-electron chi connectivity index (χ4n) is 1.66. The van der Waals surface area contributed by atoms with Gasteiger partial charge < -0.3 is 0 Å². The highest BCUT2D eigenvalue weighted by molar-refractivity contribution is 8.00. The molecule has 0 N–H and O–H groups in total. The van der Waals surface area contributed by atoms with Crippen molar-refractivity contribution in [2.45, 2.75) is 10.1 Å². The molecule has 2 aromatic heterocycles. The third kappa shape index (κ3) is 3.90. The number of thioether (sulfide) groups is 1. The van der Waals surface area contributed by atoms with Gasteiger partial charge in [0, 0.05) is 23.7 Å². The number of rotatable bonds is 4. The van der Waals surface area contributed by atoms with E-state index in [2.05, 4.69) is 20.2 Å². The summed E-state index contributed by atoms with van der Waals surface area (Å²) in [4.78, 5) is 8.20. The molecule has 0 saturated carbocycles. The number of benzene rings is 1. The highest BCUT2D eigenvalue weighted by Gasteiger charge is 2.16. The zero-order chi connectivity index (χ0) is 16.4. The van der Waals surface area contributed by atoms with Crippen LogP contribution in [0.1, 0.15) is 5.56 Å². The Bertz CT molecular complexity index is 815. The first-order valence-corrected chi connectivity index (χ1v) is 9.42. The zero-order valence-corrected chi connectivity index (χ0v) is 15.8. The summed E-state index contributed by atoms with van der Waals surface area (Å²) in [6.45, 7) is 0. The molecule has 10 heteroatoms. The second-order valence-corrected chi connectivity index (χ2v) is 7.97. The smallest absolute Gasteiger partial charge is 0.175 e. The van der Waals surface area contributed by atoms with E-state index in [1.165, 1.54) is 29.2 Å². The minimum absolute atomic E-state index is 0.370. The van der Waals surface area contributed by atoms with Gasteiger partial charge in [-0.15, -0.1) is 10.2 Å². The van der Waals surface area contributed by atoms with Gasteiger partial charge in [-0.25, -0.2) is 0 Å². The molecule has 0 amide bonds. The number of aromatic nitrogens is 4. The van der Waals surface area contributed by atoms with Crippen LogP contribution in [0.2, 0.25) is 20.1 Å². The predicted octanol–water partition coefficient (Wildman–Crippen LogP) is 5.90. The van der Waals surface area contributed by atoms with E-state index in [-0.39, 0.29) is 0 Å². The molecule has 0 atom stereocenters. The van der Waals surface area contributed by atoms with Crippen molar-refractivity contribution in [3.8, 4) is 10.7 Å². The normalized spacial score (nSPS) is 11.0. The quantitative estimate of drug-likeness (QED) is 0.386. The summed E-state index contributed by atoms with van der Waals surface area (Å²) < 4.78 is 0.758. The van der Waals surface area contributed by atoms with Crippen LogP contribution in [0.25, 0.3) is 10.7 Å². The van der Waals surface area contributed by atoms with Gasteiger partial charge in [0.1, 0.15) is 5.69 Å². The van der Waals surface area contributed by atoms with E-state index in [0.29, 0.717) is 42.1 Å². The van der Waals surface area contributed by atoms with E-state index in [1.807, 2.05) is 0 Å². The van der Waals surface area contributed by atoms with Crippen molar-refractivity contribution >= 4 is 69.5 Å². The van der Waals surface area contributed by atoms with Crippen LogP contribution < -0.4 is 0 Å². The molecule has 3 rings (SSSR count). The third-order valence-electron chi connectivity index (χ3n) is 2.73. The number of hydrogen-bond donors (Lipinski definition) is 0. The zero-order valence-electron chi connectivity index (χ0n) is 11.1. The van der Waals surface area contributed by atoms with Crippen LogP contribution in [0.5, 0.6) is 0 Å². The number of halogens is 4. The van der Waals surface area contributed by atoms with Crippen molar-refractivity contribution in [2.24, 2.45) is 0 Å². The topological polar surface area (TPSA) is 51.6 Å². The summed E-state index contributed by atoms with van der Waals surface area (Å²) in [7, 11) is 0. The standard InChI is InChI=1S/C13H6Cl4N4S2/c14-7-3-8(15)11(17)6(10(7)16)5-22-13-21-20-12(23-13)9-4-18-1-2-19-9/h1-4H,5H2. The van der Waals surface area contributed by atoms with Crippen molar-refractivity contribution in [3.05, 3.63) is 50.3 Å². The van der Waals surface area contributed by atoms with Crippen molar-refractivity contribution in [2.75, 3.05) is 0 Å². The Morgan fingerprint density at radius 1 is 1.00 bits per heavy atom. The molecule has 2 heterocycles. The first-order valence-electron chi connectivity index (χ1n) is 6.11. The van der Waals surface area contributed by atoms with Crippen molar-refractivity contribution in [3.63, 3.8) is 0 Å². The van der Waals surface area contributed by atoms with E-state index in [1.54, 1.807) is 18.6 Å². The van der Waals surface area contributed by atoms with Gasteiger partial charge in [0.05, 0.1) is 26.3 Å². The Morgan fingerprint density at radius 2 is 1.74 bits per heavy atom. The van der Waals surface area contributed by atoms with Gasteiger partial charge in [0.15, 0.2) is 9.35 Å². The van der Waals surface area contributed by atoms with Crippen molar-refractivity contribution in [1.82, 2.24) is 20.2 Å². The van der Waals surface area contributed by atoms with Gasteiger partial charge in [-0.05, 0) is 6.07 Å². The van der Waals surface area contributed by atoms with Crippen LogP contribution in [0, 0.1) is 0 Å². The molecule has 0 saturated heterocycles. The maximum absolute atomic E-state index is 6.20. The van der Waals surface area contributed by atoms with E-state index in [9.17, 15) is 0 Å². The van der Waals surface area contributed by atoms with Crippen molar-refractivity contribution in [1.29, 1.82) is 0 Å². The molecule has 0 bridgehead atoms. The van der Waals surface area contributed by atoms with Crippen LogP contribution in [-0.2, 0) is 5.75 Å². The average molecular weight is 424 g/mol. The van der Waals surface area contributed by atoms with Gasteiger partial charge >= 0.3 is 0 Å². The fourth-order valence-corrected chi connectivity index (χ4v) is 4.65. The fraction of sp³-hybridized carbons (Fsp3) is 0.0769. The Hall–Kier alpha value is -0.630. The average Bonchev–Trinajstić information content (AvgIpc) is 3.03. The molecule has 1 aromatic carbocycles. The summed E-state index contributed by atoms with van der Waals surface area (Å²) in [5.41, 5.74) is 1.35. The Labute approximate surface area is 160 Å². The van der Waals surface area contributed by atoms with Crippen LogP contribution in [0.4, 0.5) is 0 Å².